The molecule has 0 aliphatic carbocycles. The molecular formula is C23H22FN3O3. The molecule has 0 atom stereocenters. The largest absolute Gasteiger partial charge is 0.494 e. The van der Waals surface area contributed by atoms with Crippen LogP contribution in [0, 0.1) is 18.2 Å². The van der Waals surface area contributed by atoms with Gasteiger partial charge < -0.3 is 14.2 Å². The molecule has 1 heterocycles. The molecule has 0 aliphatic heterocycles. The van der Waals surface area contributed by atoms with E-state index in [1.165, 1.54) is 17.0 Å². The lowest BCUT2D eigenvalue weighted by atomic mass is 10.2. The smallest absolute Gasteiger partial charge is 0.227 e. The van der Waals surface area contributed by atoms with Crippen molar-refractivity contribution >= 4 is 5.91 Å². The average Bonchev–Trinajstić information content (AvgIpc) is 3.23. The van der Waals surface area contributed by atoms with Crippen LogP contribution in [-0.2, 0) is 17.8 Å². The summed E-state index contributed by atoms with van der Waals surface area (Å²) in [4.78, 5) is 18.5. The number of carbonyl (C=O) groups excluding carboxylic acids is 1. The Labute approximate surface area is 174 Å². The summed E-state index contributed by atoms with van der Waals surface area (Å²) < 4.78 is 23.8. The Hall–Kier alpha value is -3.66. The minimum absolute atomic E-state index is 0.141. The van der Waals surface area contributed by atoms with Crippen molar-refractivity contribution in [3.8, 4) is 29.5 Å². The first-order valence-corrected chi connectivity index (χ1v) is 9.60. The van der Waals surface area contributed by atoms with Crippen molar-refractivity contribution in [1.29, 1.82) is 0 Å². The standard InChI is InChI=1S/C23H22FN3O3/c1-3-15-27(16-17-5-9-19(24)10-6-17)22(28)14-13-21-25-23(26-30-21)18-7-11-20(12-8-18)29-4-2/h1,5-12H,4,13-16H2,2H3. The van der Waals surface area contributed by atoms with E-state index in [1.54, 1.807) is 12.1 Å². The van der Waals surface area contributed by atoms with Crippen LogP contribution in [0.3, 0.4) is 0 Å². The lowest BCUT2D eigenvalue weighted by molar-refractivity contribution is -0.131. The van der Waals surface area contributed by atoms with Crippen LogP contribution in [0.25, 0.3) is 11.4 Å². The van der Waals surface area contributed by atoms with Crippen molar-refractivity contribution in [2.45, 2.75) is 26.3 Å². The molecule has 3 aromatic rings. The van der Waals surface area contributed by atoms with Crippen LogP contribution < -0.4 is 4.74 Å². The minimum Gasteiger partial charge on any atom is -0.494 e. The number of terminal acetylenes is 1. The summed E-state index contributed by atoms with van der Waals surface area (Å²) in [5.41, 5.74) is 1.60. The summed E-state index contributed by atoms with van der Waals surface area (Å²) in [7, 11) is 0. The first-order chi connectivity index (χ1) is 14.6. The number of ether oxygens (including phenoxy) is 1. The van der Waals surface area contributed by atoms with Gasteiger partial charge in [-0.25, -0.2) is 4.39 Å². The molecular weight excluding hydrogens is 385 g/mol. The highest BCUT2D eigenvalue weighted by Gasteiger charge is 2.16. The summed E-state index contributed by atoms with van der Waals surface area (Å²) in [6.45, 7) is 2.99. The number of rotatable bonds is 9. The zero-order valence-corrected chi connectivity index (χ0v) is 16.7. The third kappa shape index (κ3) is 5.67. The quantitative estimate of drug-likeness (QED) is 0.504. The number of hydrogen-bond acceptors (Lipinski definition) is 5. The fourth-order valence-electron chi connectivity index (χ4n) is 2.87. The fourth-order valence-corrected chi connectivity index (χ4v) is 2.87. The highest BCUT2D eigenvalue weighted by Crippen LogP contribution is 2.20. The number of nitrogens with zero attached hydrogens (tertiary/aromatic N) is 3. The van der Waals surface area contributed by atoms with Gasteiger partial charge in [-0.15, -0.1) is 6.42 Å². The van der Waals surface area contributed by atoms with Crippen LogP contribution in [0.1, 0.15) is 24.8 Å². The summed E-state index contributed by atoms with van der Waals surface area (Å²) >= 11 is 0. The number of amides is 1. The van der Waals surface area contributed by atoms with E-state index in [4.69, 9.17) is 15.7 Å². The predicted octanol–water partition coefficient (Wildman–Crippen LogP) is 3.87. The Bertz CT molecular complexity index is 1010. The highest BCUT2D eigenvalue weighted by molar-refractivity contribution is 5.76. The summed E-state index contributed by atoms with van der Waals surface area (Å²) in [5, 5.41) is 3.98. The van der Waals surface area contributed by atoms with Gasteiger partial charge in [0.05, 0.1) is 13.2 Å². The van der Waals surface area contributed by atoms with Gasteiger partial charge in [0.1, 0.15) is 11.6 Å². The molecule has 154 valence electrons. The molecule has 6 nitrogen and oxygen atoms in total. The van der Waals surface area contributed by atoms with Crippen LogP contribution >= 0.6 is 0 Å². The number of halogens is 1. The van der Waals surface area contributed by atoms with Crippen molar-refractivity contribution in [3.05, 3.63) is 65.8 Å². The molecule has 0 bridgehead atoms. The number of aryl methyl sites for hydroxylation is 1. The molecule has 0 saturated heterocycles. The normalized spacial score (nSPS) is 10.4. The van der Waals surface area contributed by atoms with Crippen LogP contribution in [0.2, 0.25) is 0 Å². The van der Waals surface area contributed by atoms with Crippen LogP contribution in [0.15, 0.2) is 53.1 Å². The number of carbonyl (C=O) groups is 1. The molecule has 0 fully saturated rings. The maximum atomic E-state index is 13.1. The fraction of sp³-hybridized carbons (Fsp3) is 0.261. The van der Waals surface area contributed by atoms with Gasteiger partial charge >= 0.3 is 0 Å². The maximum Gasteiger partial charge on any atom is 0.227 e. The zero-order valence-electron chi connectivity index (χ0n) is 16.7. The van der Waals surface area contributed by atoms with E-state index in [0.29, 0.717) is 31.3 Å². The second-order valence-corrected chi connectivity index (χ2v) is 6.55. The van der Waals surface area contributed by atoms with E-state index in [2.05, 4.69) is 16.1 Å². The molecule has 0 spiro atoms. The number of aromatic nitrogens is 2. The lowest BCUT2D eigenvalue weighted by Crippen LogP contribution is -2.31. The van der Waals surface area contributed by atoms with Crippen molar-refractivity contribution in [3.63, 3.8) is 0 Å². The molecule has 1 amide bonds. The van der Waals surface area contributed by atoms with Crippen molar-refractivity contribution < 1.29 is 18.4 Å². The SMILES string of the molecule is C#CCN(Cc1ccc(F)cc1)C(=O)CCc1nc(-c2ccc(OCC)cc2)no1. The highest BCUT2D eigenvalue weighted by atomic mass is 19.1. The second-order valence-electron chi connectivity index (χ2n) is 6.55. The van der Waals surface area contributed by atoms with Crippen LogP contribution in [0.5, 0.6) is 5.75 Å². The summed E-state index contributed by atoms with van der Waals surface area (Å²) in [5.74, 6) is 3.61. The Kier molecular flexibility index (Phi) is 7.17. The zero-order chi connectivity index (χ0) is 21.3. The maximum absolute atomic E-state index is 13.1. The van der Waals surface area contributed by atoms with Gasteiger partial charge in [0, 0.05) is 24.9 Å². The predicted molar refractivity (Wildman–Crippen MR) is 110 cm³/mol. The number of benzene rings is 2. The molecule has 7 heteroatoms. The van der Waals surface area contributed by atoms with E-state index >= 15 is 0 Å². The van der Waals surface area contributed by atoms with E-state index < -0.39 is 0 Å². The topological polar surface area (TPSA) is 68.5 Å². The van der Waals surface area contributed by atoms with Gasteiger partial charge in [0.2, 0.25) is 17.6 Å². The van der Waals surface area contributed by atoms with Gasteiger partial charge in [-0.05, 0) is 48.9 Å². The number of hydrogen-bond donors (Lipinski definition) is 0. The molecule has 0 N–H and O–H groups in total. The first-order valence-electron chi connectivity index (χ1n) is 9.60. The Morgan fingerprint density at radius 2 is 1.93 bits per heavy atom. The van der Waals surface area contributed by atoms with E-state index in [0.717, 1.165) is 16.9 Å². The molecule has 0 unspecified atom stereocenters. The van der Waals surface area contributed by atoms with Gasteiger partial charge in [-0.2, -0.15) is 4.98 Å². The molecule has 1 aromatic heterocycles. The van der Waals surface area contributed by atoms with Gasteiger partial charge in [-0.3, -0.25) is 4.79 Å². The Balaban J connectivity index is 1.59. The molecule has 0 radical (unpaired) electrons. The molecule has 0 saturated carbocycles. The van der Waals surface area contributed by atoms with Gasteiger partial charge in [0.15, 0.2) is 0 Å². The summed E-state index contributed by atoms with van der Waals surface area (Å²) in [6, 6.07) is 13.4. The van der Waals surface area contributed by atoms with Crippen molar-refractivity contribution in [2.75, 3.05) is 13.2 Å². The van der Waals surface area contributed by atoms with Crippen LogP contribution in [-0.4, -0.2) is 34.1 Å². The Morgan fingerprint density at radius 1 is 1.20 bits per heavy atom. The molecule has 30 heavy (non-hydrogen) atoms. The lowest BCUT2D eigenvalue weighted by Gasteiger charge is -2.20. The average molecular weight is 407 g/mol. The molecule has 0 aliphatic rings. The van der Waals surface area contributed by atoms with Gasteiger partial charge in [0.25, 0.3) is 0 Å². The van der Waals surface area contributed by atoms with E-state index in [-0.39, 0.29) is 24.7 Å². The van der Waals surface area contributed by atoms with Crippen molar-refractivity contribution in [2.24, 2.45) is 0 Å². The van der Waals surface area contributed by atoms with Gasteiger partial charge in [-0.1, -0.05) is 23.2 Å². The Morgan fingerprint density at radius 3 is 2.60 bits per heavy atom. The molecule has 2 aromatic carbocycles. The van der Waals surface area contributed by atoms with E-state index in [1.807, 2.05) is 31.2 Å². The third-order valence-electron chi connectivity index (χ3n) is 4.37. The van der Waals surface area contributed by atoms with Crippen LogP contribution in [0.4, 0.5) is 4.39 Å². The second kappa shape index (κ2) is 10.2. The summed E-state index contributed by atoms with van der Waals surface area (Å²) in [6.07, 6.45) is 5.87. The van der Waals surface area contributed by atoms with Crippen molar-refractivity contribution in [1.82, 2.24) is 15.0 Å². The first kappa shape index (κ1) is 21.1. The molecule has 3 rings (SSSR count). The third-order valence-corrected chi connectivity index (χ3v) is 4.37. The minimum atomic E-state index is -0.326. The van der Waals surface area contributed by atoms with E-state index in [9.17, 15) is 9.18 Å². The monoisotopic (exact) mass is 407 g/mol.